The number of fused-ring (bicyclic) bond motifs is 1. The molecule has 0 bridgehead atoms. The van der Waals surface area contributed by atoms with E-state index >= 15 is 0 Å². The Morgan fingerprint density at radius 3 is 2.67 bits per heavy atom. The zero-order valence-corrected chi connectivity index (χ0v) is 11.1. The molecule has 0 saturated carbocycles. The minimum absolute atomic E-state index is 0.177. The van der Waals surface area contributed by atoms with Crippen molar-refractivity contribution in [1.82, 2.24) is 14.5 Å². The monoisotopic (exact) mass is 279 g/mol. The zero-order valence-electron chi connectivity index (χ0n) is 11.1. The maximum atomic E-state index is 11.3. The van der Waals surface area contributed by atoms with Crippen LogP contribution in [0.2, 0.25) is 0 Å². The van der Waals surface area contributed by atoms with Gasteiger partial charge in [-0.15, -0.1) is 0 Å². The molecular formula is C14H12BN4O2. The summed E-state index contributed by atoms with van der Waals surface area (Å²) in [6, 6.07) is 9.29. The van der Waals surface area contributed by atoms with Gasteiger partial charge in [-0.1, -0.05) is 29.7 Å². The molecule has 21 heavy (non-hydrogen) atoms. The highest BCUT2D eigenvalue weighted by molar-refractivity contribution is 6.45. The van der Waals surface area contributed by atoms with Crippen molar-refractivity contribution >= 4 is 29.9 Å². The number of amides is 1. The summed E-state index contributed by atoms with van der Waals surface area (Å²) in [5.41, 5.74) is 8.58. The molecule has 2 aromatic heterocycles. The van der Waals surface area contributed by atoms with Gasteiger partial charge in [-0.05, 0) is 11.6 Å². The van der Waals surface area contributed by atoms with Crippen LogP contribution >= 0.6 is 0 Å². The van der Waals surface area contributed by atoms with Crippen LogP contribution in [0.3, 0.4) is 0 Å². The van der Waals surface area contributed by atoms with Crippen molar-refractivity contribution < 1.29 is 9.82 Å². The number of carbonyl (C=O) groups is 1. The van der Waals surface area contributed by atoms with E-state index in [1.165, 1.54) is 0 Å². The van der Waals surface area contributed by atoms with Gasteiger partial charge in [0.25, 0.3) is 5.91 Å². The summed E-state index contributed by atoms with van der Waals surface area (Å²) in [4.78, 5) is 19.5. The molecule has 7 heteroatoms. The van der Waals surface area contributed by atoms with Gasteiger partial charge in [0.15, 0.2) is 5.69 Å². The molecule has 1 amide bonds. The van der Waals surface area contributed by atoms with E-state index < -0.39 is 5.91 Å². The predicted octanol–water partition coefficient (Wildman–Crippen LogP) is -0.185. The van der Waals surface area contributed by atoms with Gasteiger partial charge < -0.3 is 15.3 Å². The molecule has 3 N–H and O–H groups in total. The Labute approximate surface area is 121 Å². The third-order valence-corrected chi connectivity index (χ3v) is 3.25. The summed E-state index contributed by atoms with van der Waals surface area (Å²) < 4.78 is 1.92. The first-order valence-corrected chi connectivity index (χ1v) is 6.35. The van der Waals surface area contributed by atoms with Crippen LogP contribution in [-0.2, 0) is 6.54 Å². The van der Waals surface area contributed by atoms with Crippen molar-refractivity contribution in [3.8, 4) is 0 Å². The van der Waals surface area contributed by atoms with E-state index in [9.17, 15) is 4.79 Å². The fourth-order valence-corrected chi connectivity index (χ4v) is 2.20. The summed E-state index contributed by atoms with van der Waals surface area (Å²) >= 11 is 0. The number of benzene rings is 1. The van der Waals surface area contributed by atoms with Crippen LogP contribution in [0.25, 0.3) is 11.0 Å². The molecule has 0 spiro atoms. The lowest BCUT2D eigenvalue weighted by Crippen LogP contribution is -2.14. The molecule has 0 aliphatic heterocycles. The van der Waals surface area contributed by atoms with Crippen molar-refractivity contribution in [3.63, 3.8) is 0 Å². The summed E-state index contributed by atoms with van der Waals surface area (Å²) in [6.07, 6.45) is 3.20. The van der Waals surface area contributed by atoms with Crippen LogP contribution in [0.1, 0.15) is 16.1 Å². The van der Waals surface area contributed by atoms with E-state index in [1.54, 1.807) is 18.6 Å². The fraction of sp³-hybridized carbons (Fsp3) is 0.0714. The quantitative estimate of drug-likeness (QED) is 0.647. The Kier molecular flexibility index (Phi) is 3.41. The number of aromatic nitrogens is 3. The summed E-state index contributed by atoms with van der Waals surface area (Å²) in [6.45, 7) is 0.602. The molecule has 0 aliphatic rings. The van der Waals surface area contributed by atoms with Gasteiger partial charge in [-0.2, -0.15) is 0 Å². The Bertz CT molecular complexity index is 798. The lowest BCUT2D eigenvalue weighted by atomic mass is 9.88. The van der Waals surface area contributed by atoms with Crippen LogP contribution in [0.15, 0.2) is 42.9 Å². The van der Waals surface area contributed by atoms with Gasteiger partial charge >= 0.3 is 7.48 Å². The molecule has 3 aromatic rings. The second kappa shape index (κ2) is 5.38. The maximum Gasteiger partial charge on any atom is 0.326 e. The largest absolute Gasteiger partial charge is 0.450 e. The molecule has 1 radical (unpaired) electrons. The van der Waals surface area contributed by atoms with Crippen LogP contribution in [0.5, 0.6) is 0 Å². The number of primary amides is 1. The number of rotatable bonds is 4. The number of carbonyl (C=O) groups excluding carboxylic acids is 1. The van der Waals surface area contributed by atoms with Gasteiger partial charge in [0.2, 0.25) is 0 Å². The molecular weight excluding hydrogens is 267 g/mol. The van der Waals surface area contributed by atoms with Crippen LogP contribution in [-0.4, -0.2) is 32.9 Å². The molecule has 3 rings (SSSR count). The van der Waals surface area contributed by atoms with E-state index in [-0.39, 0.29) is 5.69 Å². The van der Waals surface area contributed by atoms with Crippen molar-refractivity contribution in [2.24, 2.45) is 5.73 Å². The van der Waals surface area contributed by atoms with Crippen LogP contribution in [0, 0.1) is 0 Å². The first kappa shape index (κ1) is 13.3. The summed E-state index contributed by atoms with van der Waals surface area (Å²) in [5.74, 6) is -0.589. The molecule has 0 unspecified atom stereocenters. The Morgan fingerprint density at radius 1 is 1.24 bits per heavy atom. The summed E-state index contributed by atoms with van der Waals surface area (Å²) in [7, 11) is 1.06. The molecule has 6 nitrogen and oxygen atoms in total. The molecule has 2 heterocycles. The van der Waals surface area contributed by atoms with Gasteiger partial charge in [-0.25, -0.2) is 9.97 Å². The van der Waals surface area contributed by atoms with Gasteiger partial charge in [0.05, 0.1) is 11.8 Å². The standard InChI is InChI=1S/C14H12BN4O2/c16-14(20)13-12-11(5-6-17-13)19(8-18-12)7-9-1-3-10(15-21)4-2-9/h1-6,8,21H,7H2,(H2,16,20). The van der Waals surface area contributed by atoms with E-state index in [1.807, 2.05) is 28.8 Å². The number of imidazole rings is 1. The third kappa shape index (κ3) is 2.51. The fourth-order valence-electron chi connectivity index (χ4n) is 2.20. The number of pyridine rings is 1. The van der Waals surface area contributed by atoms with Crippen LogP contribution < -0.4 is 11.2 Å². The van der Waals surface area contributed by atoms with Gasteiger partial charge in [0.1, 0.15) is 5.52 Å². The van der Waals surface area contributed by atoms with Gasteiger partial charge in [-0.3, -0.25) is 4.79 Å². The van der Waals surface area contributed by atoms with E-state index in [0.29, 0.717) is 12.1 Å². The Morgan fingerprint density at radius 2 is 2.00 bits per heavy atom. The summed E-state index contributed by atoms with van der Waals surface area (Å²) in [5, 5.41) is 8.92. The Hall–Kier alpha value is -2.67. The average molecular weight is 279 g/mol. The lowest BCUT2D eigenvalue weighted by molar-refractivity contribution is 0.0997. The van der Waals surface area contributed by atoms with E-state index in [4.69, 9.17) is 10.8 Å². The highest BCUT2D eigenvalue weighted by Crippen LogP contribution is 2.16. The predicted molar refractivity (Wildman–Crippen MR) is 79.2 cm³/mol. The second-order valence-electron chi connectivity index (χ2n) is 4.63. The van der Waals surface area contributed by atoms with Crippen molar-refractivity contribution in [3.05, 3.63) is 54.1 Å². The molecule has 1 aromatic carbocycles. The molecule has 0 fully saturated rings. The molecule has 0 atom stereocenters. The molecule has 103 valence electrons. The molecule has 0 aliphatic carbocycles. The average Bonchev–Trinajstić information content (AvgIpc) is 2.91. The van der Waals surface area contributed by atoms with Crippen LogP contribution in [0.4, 0.5) is 0 Å². The smallest absolute Gasteiger partial charge is 0.326 e. The number of hydrogen-bond donors (Lipinski definition) is 2. The number of hydrogen-bond acceptors (Lipinski definition) is 4. The number of nitrogens with two attached hydrogens (primary N) is 1. The highest BCUT2D eigenvalue weighted by Gasteiger charge is 2.12. The zero-order chi connectivity index (χ0) is 14.8. The first-order chi connectivity index (χ1) is 10.2. The maximum absolute atomic E-state index is 11.3. The van der Waals surface area contributed by atoms with E-state index in [0.717, 1.165) is 24.0 Å². The number of nitrogens with zero attached hydrogens (tertiary/aromatic N) is 3. The second-order valence-corrected chi connectivity index (χ2v) is 4.63. The minimum Gasteiger partial charge on any atom is -0.450 e. The van der Waals surface area contributed by atoms with Crippen molar-refractivity contribution in [2.75, 3.05) is 0 Å². The first-order valence-electron chi connectivity index (χ1n) is 6.35. The normalized spacial score (nSPS) is 10.7. The Balaban J connectivity index is 1.97. The minimum atomic E-state index is -0.589. The third-order valence-electron chi connectivity index (χ3n) is 3.25. The highest BCUT2D eigenvalue weighted by atomic mass is 16.2. The topological polar surface area (TPSA) is 94.0 Å². The van der Waals surface area contributed by atoms with Crippen molar-refractivity contribution in [1.29, 1.82) is 0 Å². The van der Waals surface area contributed by atoms with E-state index in [2.05, 4.69) is 9.97 Å². The van der Waals surface area contributed by atoms with Gasteiger partial charge in [0, 0.05) is 12.7 Å². The van der Waals surface area contributed by atoms with Crippen molar-refractivity contribution in [2.45, 2.75) is 6.54 Å². The SMILES string of the molecule is NC(=O)c1nccc2c1ncn2Cc1ccc([B]O)cc1. The lowest BCUT2D eigenvalue weighted by Gasteiger charge is -2.05. The molecule has 0 saturated heterocycles.